The zero-order chi connectivity index (χ0) is 6.53. The van der Waals surface area contributed by atoms with Gasteiger partial charge in [0.2, 0.25) is 0 Å². The molecule has 0 amide bonds. The van der Waals surface area contributed by atoms with Gasteiger partial charge in [0.15, 0.2) is 5.82 Å². The van der Waals surface area contributed by atoms with E-state index in [1.54, 1.807) is 0 Å². The van der Waals surface area contributed by atoms with Crippen molar-refractivity contribution in [2.45, 2.75) is 13.5 Å². The average molecular weight is 128 g/mol. The lowest BCUT2D eigenvalue weighted by Gasteiger charge is -1.91. The number of nitrogens with one attached hydrogen (secondary N) is 1. The van der Waals surface area contributed by atoms with E-state index in [0.717, 1.165) is 0 Å². The minimum atomic E-state index is 0.438. The van der Waals surface area contributed by atoms with E-state index in [1.165, 1.54) is 0 Å². The van der Waals surface area contributed by atoms with E-state index in [2.05, 4.69) is 20.6 Å². The summed E-state index contributed by atoms with van der Waals surface area (Å²) in [5.74, 6) is 0.594. The van der Waals surface area contributed by atoms with E-state index in [-0.39, 0.29) is 0 Å². The van der Waals surface area contributed by atoms with E-state index in [9.17, 15) is 0 Å². The van der Waals surface area contributed by atoms with Crippen molar-refractivity contribution in [1.29, 1.82) is 0 Å². The molecule has 0 aliphatic heterocycles. The summed E-state index contributed by atoms with van der Waals surface area (Å²) in [5, 5.41) is 13.1. The van der Waals surface area contributed by atoms with Crippen molar-refractivity contribution in [3.05, 3.63) is 5.82 Å². The van der Waals surface area contributed by atoms with E-state index in [0.29, 0.717) is 19.0 Å². The molecule has 1 rings (SSSR count). The number of aromatic nitrogens is 4. The van der Waals surface area contributed by atoms with Crippen LogP contribution in [-0.2, 0) is 11.3 Å². The Hall–Kier alpha value is -0.970. The quantitative estimate of drug-likeness (QED) is 0.609. The number of hydrogen-bond donors (Lipinski definition) is 1. The van der Waals surface area contributed by atoms with Gasteiger partial charge in [-0.3, -0.25) is 0 Å². The predicted molar refractivity (Wildman–Crippen MR) is 29.5 cm³/mol. The van der Waals surface area contributed by atoms with Crippen LogP contribution in [0.15, 0.2) is 0 Å². The maximum absolute atomic E-state index is 4.99. The molecule has 0 aromatic carbocycles. The Bertz CT molecular complexity index is 150. The molecule has 0 saturated heterocycles. The predicted octanol–water partition coefficient (Wildman–Crippen LogP) is -0.264. The van der Waals surface area contributed by atoms with E-state index in [4.69, 9.17) is 4.74 Å². The molecule has 0 aliphatic rings. The first-order chi connectivity index (χ1) is 4.43. The highest BCUT2D eigenvalue weighted by molar-refractivity contribution is 4.69. The number of hydrogen-bond acceptors (Lipinski definition) is 4. The van der Waals surface area contributed by atoms with Crippen molar-refractivity contribution >= 4 is 0 Å². The second-order valence-electron chi connectivity index (χ2n) is 1.47. The lowest BCUT2D eigenvalue weighted by atomic mass is 10.7. The molecule has 0 unspecified atom stereocenters. The monoisotopic (exact) mass is 128 g/mol. The first-order valence-corrected chi connectivity index (χ1v) is 2.73. The molecular formula is C4H8N4O. The Morgan fingerprint density at radius 2 is 2.56 bits per heavy atom. The van der Waals surface area contributed by atoms with Gasteiger partial charge >= 0.3 is 0 Å². The van der Waals surface area contributed by atoms with Crippen LogP contribution in [0.3, 0.4) is 0 Å². The third-order valence-corrected chi connectivity index (χ3v) is 0.824. The second kappa shape index (κ2) is 3.13. The molecule has 9 heavy (non-hydrogen) atoms. The highest BCUT2D eigenvalue weighted by Gasteiger charge is 1.93. The number of tetrazole rings is 1. The Balaban J connectivity index is 2.30. The minimum absolute atomic E-state index is 0.438. The van der Waals surface area contributed by atoms with Crippen LogP contribution in [0.25, 0.3) is 0 Å². The molecule has 1 N–H and O–H groups in total. The highest BCUT2D eigenvalue weighted by atomic mass is 16.5. The Labute approximate surface area is 52.4 Å². The van der Waals surface area contributed by atoms with Crippen LogP contribution in [0, 0.1) is 0 Å². The Morgan fingerprint density at radius 3 is 3.11 bits per heavy atom. The molecule has 0 atom stereocenters. The fourth-order valence-electron chi connectivity index (χ4n) is 0.437. The van der Waals surface area contributed by atoms with Gasteiger partial charge in [-0.15, -0.1) is 10.2 Å². The largest absolute Gasteiger partial charge is 0.374 e. The number of nitrogens with zero attached hydrogens (tertiary/aromatic N) is 3. The van der Waals surface area contributed by atoms with Crippen LogP contribution in [0.2, 0.25) is 0 Å². The smallest absolute Gasteiger partial charge is 0.200 e. The van der Waals surface area contributed by atoms with Crippen LogP contribution in [0.1, 0.15) is 12.7 Å². The first kappa shape index (κ1) is 6.15. The molecule has 0 radical (unpaired) electrons. The number of H-pyrrole nitrogens is 1. The van der Waals surface area contributed by atoms with Crippen molar-refractivity contribution in [2.75, 3.05) is 6.61 Å². The lowest BCUT2D eigenvalue weighted by Crippen LogP contribution is -1.93. The van der Waals surface area contributed by atoms with Crippen LogP contribution in [0.4, 0.5) is 0 Å². The molecule has 0 spiro atoms. The third kappa shape index (κ3) is 1.77. The summed E-state index contributed by atoms with van der Waals surface area (Å²) in [5.41, 5.74) is 0. The fraction of sp³-hybridized carbons (Fsp3) is 0.750. The summed E-state index contributed by atoms with van der Waals surface area (Å²) in [6.07, 6.45) is 0. The maximum atomic E-state index is 4.99. The second-order valence-corrected chi connectivity index (χ2v) is 1.47. The van der Waals surface area contributed by atoms with Crippen LogP contribution in [-0.4, -0.2) is 27.2 Å². The zero-order valence-electron chi connectivity index (χ0n) is 5.16. The van der Waals surface area contributed by atoms with Gasteiger partial charge in [-0.1, -0.05) is 5.21 Å². The minimum Gasteiger partial charge on any atom is -0.374 e. The fourth-order valence-corrected chi connectivity index (χ4v) is 0.437. The van der Waals surface area contributed by atoms with Gasteiger partial charge < -0.3 is 4.74 Å². The number of rotatable bonds is 3. The van der Waals surface area contributed by atoms with Crippen molar-refractivity contribution in [1.82, 2.24) is 20.6 Å². The molecule has 0 bridgehead atoms. The van der Waals surface area contributed by atoms with Gasteiger partial charge in [-0.25, -0.2) is 0 Å². The summed E-state index contributed by atoms with van der Waals surface area (Å²) >= 11 is 0. The van der Waals surface area contributed by atoms with Crippen molar-refractivity contribution in [3.63, 3.8) is 0 Å². The maximum Gasteiger partial charge on any atom is 0.200 e. The van der Waals surface area contributed by atoms with Gasteiger partial charge in [0.1, 0.15) is 6.61 Å². The van der Waals surface area contributed by atoms with Crippen LogP contribution in [0.5, 0.6) is 0 Å². The van der Waals surface area contributed by atoms with E-state index >= 15 is 0 Å². The first-order valence-electron chi connectivity index (χ1n) is 2.73. The van der Waals surface area contributed by atoms with E-state index < -0.39 is 0 Å². The molecule has 5 heteroatoms. The normalized spacial score (nSPS) is 9.89. The summed E-state index contributed by atoms with van der Waals surface area (Å²) in [4.78, 5) is 0. The standard InChI is InChI=1S/C4H8N4O/c1-2-9-3-4-5-7-8-6-4/h2-3H2,1H3,(H,5,6,7,8). The summed E-state index contributed by atoms with van der Waals surface area (Å²) in [6, 6.07) is 0. The number of ether oxygens (including phenoxy) is 1. The van der Waals surface area contributed by atoms with Crippen molar-refractivity contribution < 1.29 is 4.74 Å². The summed E-state index contributed by atoms with van der Waals surface area (Å²) < 4.78 is 4.99. The molecule has 1 heterocycles. The Kier molecular flexibility index (Phi) is 2.14. The molecular weight excluding hydrogens is 120 g/mol. The molecule has 0 saturated carbocycles. The topological polar surface area (TPSA) is 63.7 Å². The zero-order valence-corrected chi connectivity index (χ0v) is 5.16. The SMILES string of the molecule is CCOCc1nn[nH]n1. The van der Waals surface area contributed by atoms with Gasteiger partial charge in [0.25, 0.3) is 0 Å². The van der Waals surface area contributed by atoms with Gasteiger partial charge in [0.05, 0.1) is 0 Å². The third-order valence-electron chi connectivity index (χ3n) is 0.824. The summed E-state index contributed by atoms with van der Waals surface area (Å²) in [6.45, 7) is 3.03. The molecule has 1 aromatic heterocycles. The molecule has 0 aliphatic carbocycles. The van der Waals surface area contributed by atoms with Crippen LogP contribution >= 0.6 is 0 Å². The highest BCUT2D eigenvalue weighted by Crippen LogP contribution is 1.85. The molecule has 5 nitrogen and oxygen atoms in total. The lowest BCUT2D eigenvalue weighted by molar-refractivity contribution is 0.128. The van der Waals surface area contributed by atoms with Gasteiger partial charge in [-0.05, 0) is 6.92 Å². The van der Waals surface area contributed by atoms with E-state index in [1.807, 2.05) is 6.92 Å². The molecule has 1 aromatic rings. The van der Waals surface area contributed by atoms with Gasteiger partial charge in [0, 0.05) is 6.61 Å². The Morgan fingerprint density at radius 1 is 1.67 bits per heavy atom. The van der Waals surface area contributed by atoms with Crippen LogP contribution < -0.4 is 0 Å². The molecule has 0 fully saturated rings. The van der Waals surface area contributed by atoms with Crippen molar-refractivity contribution in [2.24, 2.45) is 0 Å². The molecule has 50 valence electrons. The average Bonchev–Trinajstić information content (AvgIpc) is 2.34. The summed E-state index contributed by atoms with van der Waals surface area (Å²) in [7, 11) is 0. The van der Waals surface area contributed by atoms with Crippen molar-refractivity contribution in [3.8, 4) is 0 Å². The number of aromatic amines is 1. The van der Waals surface area contributed by atoms with Gasteiger partial charge in [-0.2, -0.15) is 5.21 Å².